The quantitative estimate of drug-likeness (QED) is 0.570. The summed E-state index contributed by atoms with van der Waals surface area (Å²) in [5.41, 5.74) is 7.76. The molecule has 0 radical (unpaired) electrons. The molecule has 0 bridgehead atoms. The van der Waals surface area contributed by atoms with Crippen LogP contribution in [0.3, 0.4) is 0 Å². The van der Waals surface area contributed by atoms with E-state index in [0.717, 1.165) is 0 Å². The van der Waals surface area contributed by atoms with E-state index >= 15 is 0 Å². The van der Waals surface area contributed by atoms with E-state index in [1.54, 1.807) is 0 Å². The fourth-order valence-electron chi connectivity index (χ4n) is 3.17. The summed E-state index contributed by atoms with van der Waals surface area (Å²) in [4.78, 5) is 24.7. The molecule has 2 atom stereocenters. The van der Waals surface area contributed by atoms with Gasteiger partial charge >= 0.3 is 0 Å². The van der Waals surface area contributed by atoms with Gasteiger partial charge in [0.15, 0.2) is 18.9 Å². The van der Waals surface area contributed by atoms with E-state index in [2.05, 4.69) is 12.1 Å². The highest BCUT2D eigenvalue weighted by atomic mass is 32.2. The van der Waals surface area contributed by atoms with E-state index in [-0.39, 0.29) is 17.0 Å². The van der Waals surface area contributed by atoms with Crippen LogP contribution in [-0.2, 0) is 16.1 Å². The molecule has 2 unspecified atom stereocenters. The number of amides is 1. The van der Waals surface area contributed by atoms with Crippen LogP contribution in [0.1, 0.15) is 24.3 Å². The molecule has 7 heteroatoms. The van der Waals surface area contributed by atoms with Gasteiger partial charge in [-0.1, -0.05) is 0 Å². The summed E-state index contributed by atoms with van der Waals surface area (Å²) in [6, 6.07) is 3.56. The number of carboxylic acids is 1. The molecule has 120 valence electrons. The summed E-state index contributed by atoms with van der Waals surface area (Å²) in [5, 5.41) is 11.3. The van der Waals surface area contributed by atoms with Gasteiger partial charge in [-0.2, -0.15) is 0 Å². The largest absolute Gasteiger partial charge is 0.543 e. The van der Waals surface area contributed by atoms with Crippen LogP contribution >= 0.6 is 11.8 Å². The number of fused-ring (bicyclic) bond motifs is 1. The van der Waals surface area contributed by atoms with Gasteiger partial charge in [0.25, 0.3) is 0 Å². The lowest BCUT2D eigenvalue weighted by Crippen LogP contribution is -2.69. The Kier molecular flexibility index (Phi) is 3.42. The average Bonchev–Trinajstić information content (AvgIpc) is 3.39. The molecule has 2 fully saturated rings. The minimum Gasteiger partial charge on any atom is -0.543 e. The van der Waals surface area contributed by atoms with E-state index in [4.69, 9.17) is 5.73 Å². The van der Waals surface area contributed by atoms with Gasteiger partial charge in [0.1, 0.15) is 11.4 Å². The summed E-state index contributed by atoms with van der Waals surface area (Å²) in [6.45, 7) is 0.437. The number of nitrogens with zero attached hydrogens (tertiary/aromatic N) is 2. The zero-order valence-corrected chi connectivity index (χ0v) is 13.3. The van der Waals surface area contributed by atoms with E-state index in [0.29, 0.717) is 23.8 Å². The lowest BCUT2D eigenvalue weighted by Gasteiger charge is -2.49. The van der Waals surface area contributed by atoms with E-state index in [9.17, 15) is 14.7 Å². The minimum absolute atomic E-state index is 0.000723. The first-order valence-corrected chi connectivity index (χ1v) is 8.74. The number of aliphatic carboxylic acids is 1. The Bertz CT molecular complexity index is 712. The number of rotatable bonds is 4. The van der Waals surface area contributed by atoms with Gasteiger partial charge in [0, 0.05) is 23.5 Å². The van der Waals surface area contributed by atoms with Gasteiger partial charge < -0.3 is 15.6 Å². The van der Waals surface area contributed by atoms with Gasteiger partial charge in [-0.15, -0.1) is 11.8 Å². The molecule has 0 aromatic carbocycles. The van der Waals surface area contributed by atoms with Crippen LogP contribution in [0.25, 0.3) is 0 Å². The molecule has 3 heterocycles. The van der Waals surface area contributed by atoms with E-state index in [1.807, 2.05) is 17.0 Å². The normalized spacial score (nSPS) is 26.8. The van der Waals surface area contributed by atoms with E-state index in [1.165, 1.54) is 35.1 Å². The molecular weight excluding hydrogens is 314 g/mol. The number of pyridine rings is 1. The predicted octanol–water partition coefficient (Wildman–Crippen LogP) is -0.902. The van der Waals surface area contributed by atoms with Crippen molar-refractivity contribution in [3.8, 4) is 0 Å². The van der Waals surface area contributed by atoms with Crippen molar-refractivity contribution >= 4 is 23.6 Å². The highest BCUT2D eigenvalue weighted by Crippen LogP contribution is 2.40. The number of aromatic nitrogens is 1. The van der Waals surface area contributed by atoms with Crippen LogP contribution in [0.15, 0.2) is 35.8 Å². The van der Waals surface area contributed by atoms with Crippen LogP contribution in [0.5, 0.6) is 0 Å². The molecule has 4 rings (SSSR count). The Balaban J connectivity index is 1.60. The Morgan fingerprint density at radius 3 is 2.70 bits per heavy atom. The lowest BCUT2D eigenvalue weighted by molar-refractivity contribution is -0.689. The average molecular weight is 331 g/mol. The van der Waals surface area contributed by atoms with Gasteiger partial charge in [-0.3, -0.25) is 9.69 Å². The van der Waals surface area contributed by atoms with Crippen molar-refractivity contribution < 1.29 is 19.3 Å². The number of hydrogen-bond donors (Lipinski definition) is 1. The Labute approximate surface area is 138 Å². The molecule has 23 heavy (non-hydrogen) atoms. The first kappa shape index (κ1) is 14.7. The number of nitrogens with two attached hydrogens (primary N) is 1. The minimum atomic E-state index is -1.30. The number of carbonyl (C=O) groups is 2. The fourth-order valence-corrected chi connectivity index (χ4v) is 4.46. The number of thioether (sulfide) groups is 1. The first-order valence-electron chi connectivity index (χ1n) is 7.69. The maximum absolute atomic E-state index is 11.9. The third-order valence-electron chi connectivity index (χ3n) is 4.62. The molecule has 0 spiro atoms. The lowest BCUT2D eigenvalue weighted by atomic mass is 10.0. The highest BCUT2D eigenvalue weighted by molar-refractivity contribution is 8.00. The van der Waals surface area contributed by atoms with Gasteiger partial charge in [-0.25, -0.2) is 4.57 Å². The first-order chi connectivity index (χ1) is 11.1. The van der Waals surface area contributed by atoms with E-state index < -0.39 is 12.0 Å². The standard InChI is InChI=1S/C16H17N3O3S/c17-12-14(20)19-13(16(21)22)11(8-23-15(12)19)7-18-5-3-10(4-6-18)9-1-2-9/h3-6,9,12,15H,1-2,7-8,17H2. The highest BCUT2D eigenvalue weighted by Gasteiger charge is 2.50. The maximum Gasteiger partial charge on any atom is 0.248 e. The summed E-state index contributed by atoms with van der Waals surface area (Å²) in [6.07, 6.45) is 6.43. The molecule has 1 aromatic heterocycles. The molecule has 1 saturated carbocycles. The van der Waals surface area contributed by atoms with Crippen molar-refractivity contribution in [1.29, 1.82) is 0 Å². The predicted molar refractivity (Wildman–Crippen MR) is 81.7 cm³/mol. The molecule has 1 amide bonds. The Morgan fingerprint density at radius 2 is 2.09 bits per heavy atom. The molecule has 2 N–H and O–H groups in total. The second-order valence-corrected chi connectivity index (χ2v) is 7.36. The van der Waals surface area contributed by atoms with Crippen molar-refractivity contribution in [3.05, 3.63) is 41.4 Å². The third kappa shape index (κ3) is 2.44. The second-order valence-electron chi connectivity index (χ2n) is 6.25. The monoisotopic (exact) mass is 331 g/mol. The SMILES string of the molecule is NC1C(=O)N2C(C(=O)[O-])=C(C[n+]3ccc(C4CC4)cc3)CSC12. The summed E-state index contributed by atoms with van der Waals surface area (Å²) in [5.74, 6) is -0.411. The number of carboxylic acid groups (broad SMARTS) is 1. The summed E-state index contributed by atoms with van der Waals surface area (Å²) < 4.78 is 1.94. The summed E-state index contributed by atoms with van der Waals surface area (Å²) >= 11 is 1.51. The molecular formula is C16H17N3O3S. The van der Waals surface area contributed by atoms with Gasteiger partial charge in [0.2, 0.25) is 5.91 Å². The fraction of sp³-hybridized carbons (Fsp3) is 0.438. The maximum atomic E-state index is 11.9. The smallest absolute Gasteiger partial charge is 0.248 e. The third-order valence-corrected chi connectivity index (χ3v) is 5.98. The van der Waals surface area contributed by atoms with Gasteiger partial charge in [0.05, 0.1) is 11.7 Å². The van der Waals surface area contributed by atoms with Crippen LogP contribution in [0.4, 0.5) is 0 Å². The Hall–Kier alpha value is -1.86. The molecule has 2 aliphatic heterocycles. The van der Waals surface area contributed by atoms with Crippen LogP contribution in [0, 0.1) is 0 Å². The van der Waals surface area contributed by atoms with Crippen LogP contribution < -0.4 is 15.4 Å². The number of hydrogen-bond acceptors (Lipinski definition) is 5. The van der Waals surface area contributed by atoms with Crippen molar-refractivity contribution in [3.63, 3.8) is 0 Å². The van der Waals surface area contributed by atoms with Gasteiger partial charge in [-0.05, 0) is 24.3 Å². The zero-order valence-electron chi connectivity index (χ0n) is 12.5. The second kappa shape index (κ2) is 5.35. The number of carbonyl (C=O) groups excluding carboxylic acids is 2. The Morgan fingerprint density at radius 1 is 1.39 bits per heavy atom. The van der Waals surface area contributed by atoms with Crippen molar-refractivity contribution in [1.82, 2.24) is 4.90 Å². The van der Waals surface area contributed by atoms with Crippen molar-refractivity contribution in [2.45, 2.75) is 36.7 Å². The zero-order chi connectivity index (χ0) is 16.1. The van der Waals surface area contributed by atoms with Crippen LogP contribution in [0.2, 0.25) is 0 Å². The number of β-lactam (4-membered cyclic amide) rings is 1. The summed E-state index contributed by atoms with van der Waals surface area (Å²) in [7, 11) is 0. The molecule has 1 aliphatic carbocycles. The molecule has 6 nitrogen and oxygen atoms in total. The molecule has 1 aromatic rings. The molecule has 1 saturated heterocycles. The topological polar surface area (TPSA) is 90.3 Å². The van der Waals surface area contributed by atoms with Crippen LogP contribution in [-0.4, -0.2) is 33.9 Å². The molecule has 3 aliphatic rings. The van der Waals surface area contributed by atoms with Crippen molar-refractivity contribution in [2.24, 2.45) is 5.73 Å². The van der Waals surface area contributed by atoms with Crippen molar-refractivity contribution in [2.75, 3.05) is 5.75 Å².